The van der Waals surface area contributed by atoms with Crippen molar-refractivity contribution >= 4 is 40.2 Å². The molecule has 0 aliphatic carbocycles. The van der Waals surface area contributed by atoms with E-state index in [1.807, 2.05) is 36.7 Å². The maximum atomic E-state index is 12.4. The number of thiophene rings is 1. The van der Waals surface area contributed by atoms with Gasteiger partial charge < -0.3 is 4.90 Å². The highest BCUT2D eigenvalue weighted by Crippen LogP contribution is 2.25. The fourth-order valence-electron chi connectivity index (χ4n) is 2.35. The molecular weight excluding hydrogens is 360 g/mol. The third kappa shape index (κ3) is 4.23. The van der Waals surface area contributed by atoms with Crippen LogP contribution in [0, 0.1) is 6.92 Å². The number of hydrogen-bond acceptors (Lipinski definition) is 4. The molecule has 0 N–H and O–H groups in total. The quantitative estimate of drug-likeness (QED) is 0.625. The first-order chi connectivity index (χ1) is 11.5. The molecule has 0 fully saturated rings. The van der Waals surface area contributed by atoms with Gasteiger partial charge in [-0.2, -0.15) is 0 Å². The Labute approximate surface area is 154 Å². The monoisotopic (exact) mass is 376 g/mol. The van der Waals surface area contributed by atoms with E-state index in [4.69, 9.17) is 11.6 Å². The van der Waals surface area contributed by atoms with Gasteiger partial charge in [0.2, 0.25) is 5.91 Å². The minimum atomic E-state index is 0.0561. The first-order valence-electron chi connectivity index (χ1n) is 7.51. The van der Waals surface area contributed by atoms with Crippen molar-refractivity contribution < 1.29 is 4.79 Å². The molecule has 2 aromatic heterocycles. The number of amides is 1. The Bertz CT molecular complexity index is 856. The van der Waals surface area contributed by atoms with Crippen molar-refractivity contribution in [3.8, 4) is 10.6 Å². The van der Waals surface area contributed by atoms with E-state index in [0.717, 1.165) is 25.5 Å². The van der Waals surface area contributed by atoms with Crippen molar-refractivity contribution in [3.05, 3.63) is 62.2 Å². The summed E-state index contributed by atoms with van der Waals surface area (Å²) in [6.07, 6.45) is 0.317. The van der Waals surface area contributed by atoms with Gasteiger partial charge in [-0.1, -0.05) is 35.4 Å². The Morgan fingerprint density at radius 3 is 2.83 bits per heavy atom. The van der Waals surface area contributed by atoms with E-state index in [1.165, 1.54) is 16.9 Å². The van der Waals surface area contributed by atoms with Gasteiger partial charge >= 0.3 is 0 Å². The average Bonchev–Trinajstić information content (AvgIpc) is 3.16. The molecule has 0 saturated heterocycles. The van der Waals surface area contributed by atoms with Crippen molar-refractivity contribution in [3.63, 3.8) is 0 Å². The zero-order valence-corrected chi connectivity index (χ0v) is 15.8. The molecule has 0 spiro atoms. The van der Waals surface area contributed by atoms with Gasteiger partial charge in [0, 0.05) is 22.9 Å². The molecule has 3 aromatic rings. The molecule has 124 valence electrons. The van der Waals surface area contributed by atoms with Gasteiger partial charge in [0.1, 0.15) is 5.01 Å². The van der Waals surface area contributed by atoms with E-state index < -0.39 is 0 Å². The fraction of sp³-hybridized carbons (Fsp3) is 0.222. The summed E-state index contributed by atoms with van der Waals surface area (Å²) in [4.78, 5) is 19.8. The minimum absolute atomic E-state index is 0.0561. The van der Waals surface area contributed by atoms with Gasteiger partial charge in [-0.15, -0.1) is 22.7 Å². The van der Waals surface area contributed by atoms with Gasteiger partial charge in [-0.3, -0.25) is 4.79 Å². The number of carbonyl (C=O) groups excluding carboxylic acids is 1. The lowest BCUT2D eigenvalue weighted by atomic mass is 10.1. The van der Waals surface area contributed by atoms with Crippen molar-refractivity contribution in [1.29, 1.82) is 0 Å². The Balaban J connectivity index is 1.64. The molecule has 1 aromatic carbocycles. The summed E-state index contributed by atoms with van der Waals surface area (Å²) in [5, 5.41) is 2.92. The van der Waals surface area contributed by atoms with Crippen molar-refractivity contribution in [2.24, 2.45) is 0 Å². The first kappa shape index (κ1) is 17.1. The van der Waals surface area contributed by atoms with Crippen LogP contribution in [-0.4, -0.2) is 22.8 Å². The maximum absolute atomic E-state index is 12.4. The summed E-state index contributed by atoms with van der Waals surface area (Å²) in [5.41, 5.74) is 3.12. The smallest absolute Gasteiger partial charge is 0.228 e. The maximum Gasteiger partial charge on any atom is 0.228 e. The van der Waals surface area contributed by atoms with Crippen molar-refractivity contribution in [2.75, 3.05) is 7.05 Å². The second kappa shape index (κ2) is 7.47. The summed E-state index contributed by atoms with van der Waals surface area (Å²) in [5.74, 6) is 0.0561. The SMILES string of the molecule is Cc1cccc(-c2nc(CC(=O)N(C)Cc3ccc(Cl)s3)cs2)c1. The number of carbonyl (C=O) groups is 1. The van der Waals surface area contributed by atoms with Gasteiger partial charge in [0.25, 0.3) is 0 Å². The fourth-order valence-corrected chi connectivity index (χ4v) is 4.31. The van der Waals surface area contributed by atoms with Crippen LogP contribution in [0.15, 0.2) is 41.8 Å². The van der Waals surface area contributed by atoms with E-state index in [0.29, 0.717) is 13.0 Å². The number of benzene rings is 1. The van der Waals surface area contributed by atoms with E-state index in [2.05, 4.69) is 24.0 Å². The number of nitrogens with zero attached hydrogens (tertiary/aromatic N) is 2. The highest BCUT2D eigenvalue weighted by atomic mass is 35.5. The molecule has 0 saturated carbocycles. The molecule has 3 nitrogen and oxygen atoms in total. The van der Waals surface area contributed by atoms with Gasteiger partial charge in [0.15, 0.2) is 0 Å². The van der Waals surface area contributed by atoms with Crippen LogP contribution >= 0.6 is 34.3 Å². The summed E-state index contributed by atoms with van der Waals surface area (Å²) < 4.78 is 0.744. The predicted octanol–water partition coefficient (Wildman–Crippen LogP) is 5.03. The number of aryl methyl sites for hydroxylation is 1. The molecule has 0 aliphatic heterocycles. The number of hydrogen-bond donors (Lipinski definition) is 0. The normalized spacial score (nSPS) is 10.8. The number of likely N-dealkylation sites (N-methyl/N-ethyl adjacent to an activating group) is 1. The average molecular weight is 377 g/mol. The summed E-state index contributed by atoms with van der Waals surface area (Å²) in [7, 11) is 1.81. The highest BCUT2D eigenvalue weighted by molar-refractivity contribution is 7.16. The Hall–Kier alpha value is -1.69. The van der Waals surface area contributed by atoms with E-state index in [9.17, 15) is 4.79 Å². The molecule has 0 bridgehead atoms. The molecule has 0 aliphatic rings. The number of thiazole rings is 1. The van der Waals surface area contributed by atoms with E-state index in [-0.39, 0.29) is 5.91 Å². The van der Waals surface area contributed by atoms with Crippen molar-refractivity contribution in [1.82, 2.24) is 9.88 Å². The summed E-state index contributed by atoms with van der Waals surface area (Å²) >= 11 is 9.01. The zero-order chi connectivity index (χ0) is 17.1. The summed E-state index contributed by atoms with van der Waals surface area (Å²) in [6, 6.07) is 12.1. The van der Waals surface area contributed by atoms with Crippen LogP contribution in [0.4, 0.5) is 0 Å². The molecule has 0 unspecified atom stereocenters. The van der Waals surface area contributed by atoms with Crippen LogP contribution in [0.1, 0.15) is 16.1 Å². The van der Waals surface area contributed by atoms with Crippen LogP contribution < -0.4 is 0 Å². The van der Waals surface area contributed by atoms with Gasteiger partial charge in [0.05, 0.1) is 23.0 Å². The molecule has 24 heavy (non-hydrogen) atoms. The lowest BCUT2D eigenvalue weighted by Gasteiger charge is -2.15. The van der Waals surface area contributed by atoms with Crippen LogP contribution in [-0.2, 0) is 17.8 Å². The second-order valence-electron chi connectivity index (χ2n) is 5.65. The minimum Gasteiger partial charge on any atom is -0.340 e. The predicted molar refractivity (Wildman–Crippen MR) is 102 cm³/mol. The first-order valence-corrected chi connectivity index (χ1v) is 9.58. The third-order valence-electron chi connectivity index (χ3n) is 3.60. The standard InChI is InChI=1S/C18H17ClN2OS2/c1-12-4-3-5-13(8-12)18-20-14(11-23-18)9-17(22)21(2)10-15-6-7-16(19)24-15/h3-8,11H,9-10H2,1-2H3. The van der Waals surface area contributed by atoms with Gasteiger partial charge in [-0.25, -0.2) is 4.98 Å². The Morgan fingerprint density at radius 1 is 1.29 bits per heavy atom. The van der Waals surface area contributed by atoms with Crippen LogP contribution in [0.3, 0.4) is 0 Å². The Kier molecular flexibility index (Phi) is 5.33. The third-order valence-corrected chi connectivity index (χ3v) is 5.75. The molecular formula is C18H17ClN2OS2. The molecule has 1 amide bonds. The van der Waals surface area contributed by atoms with E-state index in [1.54, 1.807) is 16.2 Å². The van der Waals surface area contributed by atoms with Crippen LogP contribution in [0.5, 0.6) is 0 Å². The molecule has 6 heteroatoms. The molecule has 3 rings (SSSR count). The number of aromatic nitrogens is 1. The largest absolute Gasteiger partial charge is 0.340 e. The van der Waals surface area contributed by atoms with Crippen molar-refractivity contribution in [2.45, 2.75) is 19.9 Å². The van der Waals surface area contributed by atoms with Gasteiger partial charge in [-0.05, 0) is 25.1 Å². The number of halogens is 1. The topological polar surface area (TPSA) is 33.2 Å². The number of rotatable bonds is 5. The summed E-state index contributed by atoms with van der Waals surface area (Å²) in [6.45, 7) is 2.64. The highest BCUT2D eigenvalue weighted by Gasteiger charge is 2.14. The van der Waals surface area contributed by atoms with Crippen LogP contribution in [0.2, 0.25) is 4.34 Å². The Morgan fingerprint density at radius 2 is 2.12 bits per heavy atom. The lowest BCUT2D eigenvalue weighted by Crippen LogP contribution is -2.27. The lowest BCUT2D eigenvalue weighted by molar-refractivity contribution is -0.129. The van der Waals surface area contributed by atoms with Crippen LogP contribution in [0.25, 0.3) is 10.6 Å². The zero-order valence-electron chi connectivity index (χ0n) is 13.5. The second-order valence-corrected chi connectivity index (χ2v) is 8.30. The molecule has 0 radical (unpaired) electrons. The van der Waals surface area contributed by atoms with E-state index >= 15 is 0 Å². The molecule has 2 heterocycles. The molecule has 0 atom stereocenters.